The van der Waals surface area contributed by atoms with E-state index in [4.69, 9.17) is 9.72 Å². The number of ether oxygens (including phenoxy) is 1. The Morgan fingerprint density at radius 1 is 1.21 bits per heavy atom. The summed E-state index contributed by atoms with van der Waals surface area (Å²) in [6, 6.07) is 8.43. The number of methoxy groups -OCH3 is 1. The fourth-order valence-electron chi connectivity index (χ4n) is 5.71. The Kier molecular flexibility index (Phi) is 7.30. The summed E-state index contributed by atoms with van der Waals surface area (Å²) in [4.78, 5) is 18.0. The van der Waals surface area contributed by atoms with Gasteiger partial charge in [0.1, 0.15) is 11.6 Å². The molecule has 1 unspecified atom stereocenters. The van der Waals surface area contributed by atoms with Crippen molar-refractivity contribution in [3.63, 3.8) is 0 Å². The number of nitrogens with one attached hydrogen (secondary N) is 1. The molecule has 2 aromatic heterocycles. The average Bonchev–Trinajstić information content (AvgIpc) is 2.87. The van der Waals surface area contributed by atoms with Gasteiger partial charge in [-0.2, -0.15) is 4.98 Å². The number of aromatic nitrogens is 3. The third-order valence-electron chi connectivity index (χ3n) is 7.97. The SMILES string of the molecule is CO[C@@H]1CCN(c2nccc(Nc3cc4c(C(C)C)ccc(N5C[C@H](S(C)=O)[C@H]5C)c4cn3)n2)C[C@]1(C)F. The molecule has 1 N–H and O–H groups in total. The molecule has 2 saturated heterocycles. The van der Waals surface area contributed by atoms with Gasteiger partial charge in [0.2, 0.25) is 5.95 Å². The zero-order chi connectivity index (χ0) is 27.2. The van der Waals surface area contributed by atoms with Crippen molar-refractivity contribution in [3.8, 4) is 0 Å². The van der Waals surface area contributed by atoms with Crippen molar-refractivity contribution >= 4 is 44.8 Å². The molecule has 5 atom stereocenters. The van der Waals surface area contributed by atoms with Gasteiger partial charge >= 0.3 is 0 Å². The Morgan fingerprint density at radius 3 is 2.66 bits per heavy atom. The predicted octanol–water partition coefficient (Wildman–Crippen LogP) is 4.80. The number of hydrogen-bond donors (Lipinski definition) is 1. The molecule has 0 amide bonds. The van der Waals surface area contributed by atoms with Crippen molar-refractivity contribution < 1.29 is 13.3 Å². The summed E-state index contributed by atoms with van der Waals surface area (Å²) in [6.07, 6.45) is 5.51. The fourth-order valence-corrected chi connectivity index (χ4v) is 6.78. The van der Waals surface area contributed by atoms with Crippen LogP contribution >= 0.6 is 0 Å². The Hall–Kier alpha value is -2.85. The molecule has 0 spiro atoms. The normalized spacial score (nSPS) is 26.5. The molecule has 2 aliphatic rings. The van der Waals surface area contributed by atoms with E-state index >= 15 is 4.39 Å². The number of halogens is 1. The number of benzene rings is 1. The molecule has 4 heterocycles. The Balaban J connectivity index is 1.42. The van der Waals surface area contributed by atoms with Crippen molar-refractivity contribution in [2.24, 2.45) is 0 Å². The van der Waals surface area contributed by atoms with Gasteiger partial charge in [0.05, 0.1) is 17.9 Å². The number of rotatable bonds is 7. The second kappa shape index (κ2) is 10.4. The summed E-state index contributed by atoms with van der Waals surface area (Å²) < 4.78 is 32.5. The van der Waals surface area contributed by atoms with Crippen LogP contribution in [-0.2, 0) is 15.5 Å². The molecule has 0 aliphatic carbocycles. The van der Waals surface area contributed by atoms with Crippen LogP contribution in [-0.4, -0.2) is 75.2 Å². The molecule has 38 heavy (non-hydrogen) atoms. The molecule has 2 fully saturated rings. The van der Waals surface area contributed by atoms with E-state index in [2.05, 4.69) is 59.2 Å². The molecule has 2 aliphatic heterocycles. The van der Waals surface area contributed by atoms with E-state index in [-0.39, 0.29) is 17.8 Å². The van der Waals surface area contributed by atoms with Crippen molar-refractivity contribution in [2.45, 2.75) is 63.1 Å². The van der Waals surface area contributed by atoms with Gasteiger partial charge in [-0.25, -0.2) is 14.4 Å². The van der Waals surface area contributed by atoms with Gasteiger partial charge in [0.15, 0.2) is 5.67 Å². The zero-order valence-corrected chi connectivity index (χ0v) is 23.8. The molecular formula is C28H37FN6O2S. The van der Waals surface area contributed by atoms with Crippen molar-refractivity contribution in [1.29, 1.82) is 0 Å². The zero-order valence-electron chi connectivity index (χ0n) is 22.9. The Morgan fingerprint density at radius 2 is 2.00 bits per heavy atom. The van der Waals surface area contributed by atoms with Crippen LogP contribution in [0.5, 0.6) is 0 Å². The van der Waals surface area contributed by atoms with Crippen LogP contribution in [0.4, 0.5) is 27.7 Å². The second-order valence-electron chi connectivity index (χ2n) is 11.0. The van der Waals surface area contributed by atoms with Gasteiger partial charge in [-0.1, -0.05) is 19.9 Å². The van der Waals surface area contributed by atoms with E-state index in [1.807, 2.05) is 11.1 Å². The average molecular weight is 541 g/mol. The Bertz CT molecular complexity index is 1350. The summed E-state index contributed by atoms with van der Waals surface area (Å²) in [7, 11) is 0.713. The minimum Gasteiger partial charge on any atom is -0.378 e. The smallest absolute Gasteiger partial charge is 0.227 e. The molecule has 0 bridgehead atoms. The lowest BCUT2D eigenvalue weighted by Gasteiger charge is -2.47. The van der Waals surface area contributed by atoms with E-state index in [0.29, 0.717) is 36.5 Å². The molecule has 204 valence electrons. The van der Waals surface area contributed by atoms with Crippen LogP contribution in [0.15, 0.2) is 36.7 Å². The van der Waals surface area contributed by atoms with Gasteiger partial charge in [-0.3, -0.25) is 4.21 Å². The van der Waals surface area contributed by atoms with Crippen LogP contribution in [0.1, 0.15) is 45.6 Å². The highest BCUT2D eigenvalue weighted by molar-refractivity contribution is 7.85. The first kappa shape index (κ1) is 26.7. The van der Waals surface area contributed by atoms with Crippen LogP contribution < -0.4 is 15.1 Å². The first-order valence-corrected chi connectivity index (χ1v) is 14.8. The summed E-state index contributed by atoms with van der Waals surface area (Å²) in [5, 5.41) is 5.73. The topological polar surface area (TPSA) is 83.5 Å². The number of piperidine rings is 1. The van der Waals surface area contributed by atoms with E-state index in [1.165, 1.54) is 5.56 Å². The van der Waals surface area contributed by atoms with E-state index in [9.17, 15) is 4.21 Å². The molecule has 5 rings (SSSR count). The first-order valence-electron chi connectivity index (χ1n) is 13.2. The van der Waals surface area contributed by atoms with Crippen molar-refractivity contribution in [1.82, 2.24) is 15.0 Å². The highest BCUT2D eigenvalue weighted by atomic mass is 32.2. The van der Waals surface area contributed by atoms with E-state index in [0.717, 1.165) is 23.0 Å². The van der Waals surface area contributed by atoms with Gasteiger partial charge in [-0.05, 0) is 55.3 Å². The minimum atomic E-state index is -1.48. The summed E-state index contributed by atoms with van der Waals surface area (Å²) in [5.41, 5.74) is 0.880. The summed E-state index contributed by atoms with van der Waals surface area (Å²) in [6.45, 7) is 9.65. The molecule has 10 heteroatoms. The van der Waals surface area contributed by atoms with Crippen molar-refractivity contribution in [2.75, 3.05) is 48.1 Å². The second-order valence-corrected chi connectivity index (χ2v) is 12.6. The number of alkyl halides is 1. The molecule has 0 radical (unpaired) electrons. The van der Waals surface area contributed by atoms with Crippen LogP contribution in [0.2, 0.25) is 0 Å². The number of nitrogens with zero attached hydrogens (tertiary/aromatic N) is 5. The summed E-state index contributed by atoms with van der Waals surface area (Å²) in [5.74, 6) is 2.10. The largest absolute Gasteiger partial charge is 0.378 e. The number of anilines is 4. The Labute approximate surface area is 226 Å². The van der Waals surface area contributed by atoms with Gasteiger partial charge in [0, 0.05) is 66.8 Å². The molecular weight excluding hydrogens is 503 g/mol. The highest BCUT2D eigenvalue weighted by Crippen LogP contribution is 2.38. The lowest BCUT2D eigenvalue weighted by molar-refractivity contribution is -0.0381. The van der Waals surface area contributed by atoms with Crippen LogP contribution in [0.25, 0.3) is 10.8 Å². The number of hydrogen-bond acceptors (Lipinski definition) is 8. The maximum absolute atomic E-state index is 15.1. The van der Waals surface area contributed by atoms with Crippen LogP contribution in [0, 0.1) is 0 Å². The van der Waals surface area contributed by atoms with Gasteiger partial charge in [-0.15, -0.1) is 0 Å². The highest BCUT2D eigenvalue weighted by Gasteiger charge is 2.41. The lowest BCUT2D eigenvalue weighted by Crippen LogP contribution is -2.60. The minimum absolute atomic E-state index is 0.172. The summed E-state index contributed by atoms with van der Waals surface area (Å²) >= 11 is 0. The van der Waals surface area contributed by atoms with Crippen molar-refractivity contribution in [3.05, 3.63) is 42.2 Å². The number of fused-ring (bicyclic) bond motifs is 1. The monoisotopic (exact) mass is 540 g/mol. The molecule has 8 nitrogen and oxygen atoms in total. The maximum atomic E-state index is 15.1. The third-order valence-corrected chi connectivity index (χ3v) is 9.37. The molecule has 0 saturated carbocycles. The number of pyridine rings is 1. The lowest BCUT2D eigenvalue weighted by atomic mass is 9.93. The fraction of sp³-hybridized carbons (Fsp3) is 0.536. The van der Waals surface area contributed by atoms with Gasteiger partial charge < -0.3 is 19.9 Å². The molecule has 1 aromatic carbocycles. The first-order chi connectivity index (χ1) is 18.1. The standard InChI is InChI=1S/C28H37FN6O2S/c1-17(2)19-7-8-22(35-15-23(18(35)3)38(6)36)21-14-31-26(13-20(19)21)32-25-9-11-30-27(33-25)34-12-10-24(37-5)28(4,29)16-34/h7-9,11,13-14,17-18,23-24H,10,12,15-16H2,1-6H3,(H,30,31,32,33)/t18-,23+,24-,28+,38?/m1/s1. The maximum Gasteiger partial charge on any atom is 0.227 e. The van der Waals surface area contributed by atoms with E-state index < -0.39 is 22.6 Å². The van der Waals surface area contributed by atoms with Crippen LogP contribution in [0.3, 0.4) is 0 Å². The molecule has 3 aromatic rings. The quantitative estimate of drug-likeness (QED) is 0.458. The third kappa shape index (κ3) is 4.96. The van der Waals surface area contributed by atoms with E-state index in [1.54, 1.807) is 32.6 Å². The van der Waals surface area contributed by atoms with Gasteiger partial charge in [0.25, 0.3) is 0 Å². The predicted molar refractivity (Wildman–Crippen MR) is 153 cm³/mol.